The van der Waals surface area contributed by atoms with Gasteiger partial charge in [-0.2, -0.15) is 0 Å². The van der Waals surface area contributed by atoms with Crippen LogP contribution in [0, 0.1) is 0 Å². The van der Waals surface area contributed by atoms with Crippen LogP contribution in [0.1, 0.15) is 33.6 Å². The molecule has 0 saturated carbocycles. The third-order valence-corrected chi connectivity index (χ3v) is 3.20. The second kappa shape index (κ2) is 7.02. The molecule has 0 aromatic heterocycles. The second-order valence-electron chi connectivity index (χ2n) is 5.05. The quantitative estimate of drug-likeness (QED) is 0.646. The molecule has 1 aliphatic heterocycles. The number of amides is 3. The Balaban J connectivity index is 2.68. The molecule has 20 heavy (non-hydrogen) atoms. The van der Waals surface area contributed by atoms with E-state index in [2.05, 4.69) is 10.6 Å². The van der Waals surface area contributed by atoms with Crippen molar-refractivity contribution in [1.29, 1.82) is 0 Å². The highest BCUT2D eigenvalue weighted by molar-refractivity contribution is 5.92. The molecule has 3 amide bonds. The van der Waals surface area contributed by atoms with Crippen molar-refractivity contribution >= 4 is 24.0 Å². The lowest BCUT2D eigenvalue weighted by Crippen LogP contribution is -2.53. The van der Waals surface area contributed by atoms with Crippen LogP contribution in [-0.4, -0.2) is 53.6 Å². The van der Waals surface area contributed by atoms with E-state index in [-0.39, 0.29) is 17.7 Å². The summed E-state index contributed by atoms with van der Waals surface area (Å²) in [6, 6.07) is -1.81. The van der Waals surface area contributed by atoms with Gasteiger partial charge in [0.25, 0.3) is 0 Å². The summed E-state index contributed by atoms with van der Waals surface area (Å²) in [7, 11) is 0. The highest BCUT2D eigenvalue weighted by atomic mass is 16.2. The maximum atomic E-state index is 12.2. The molecule has 0 unspecified atom stereocenters. The number of hydrogen-bond acceptors (Lipinski definition) is 4. The Bertz CT molecular complexity index is 410. The van der Waals surface area contributed by atoms with Crippen molar-refractivity contribution in [3.8, 4) is 0 Å². The number of nitrogens with zero attached hydrogens (tertiary/aromatic N) is 1. The number of carbonyl (C=O) groups is 4. The van der Waals surface area contributed by atoms with Crippen LogP contribution in [0.3, 0.4) is 0 Å². The Kier molecular flexibility index (Phi) is 5.66. The van der Waals surface area contributed by atoms with Gasteiger partial charge in [0.1, 0.15) is 18.4 Å². The standard InChI is InChI=1S/C13H21N3O4/c1-8(7-17)14-12(19)11-5-4-6-16(11)13(20)9(2)15-10(3)18/h7-9,11H,4-6H2,1-3H3,(H,14,19)(H,15,18)/t8-,9-,11-/m0/s1. The van der Waals surface area contributed by atoms with Crippen molar-refractivity contribution in [3.05, 3.63) is 0 Å². The first-order chi connectivity index (χ1) is 9.36. The second-order valence-corrected chi connectivity index (χ2v) is 5.05. The minimum absolute atomic E-state index is 0.281. The maximum absolute atomic E-state index is 12.2. The Morgan fingerprint density at radius 3 is 2.45 bits per heavy atom. The topological polar surface area (TPSA) is 95.6 Å². The van der Waals surface area contributed by atoms with E-state index in [0.717, 1.165) is 6.42 Å². The van der Waals surface area contributed by atoms with E-state index in [4.69, 9.17) is 0 Å². The summed E-state index contributed by atoms with van der Waals surface area (Å²) in [6.45, 7) is 4.98. The van der Waals surface area contributed by atoms with Crippen LogP contribution in [0.25, 0.3) is 0 Å². The van der Waals surface area contributed by atoms with Gasteiger partial charge in [0, 0.05) is 13.5 Å². The number of rotatable bonds is 5. The zero-order valence-electron chi connectivity index (χ0n) is 12.0. The molecule has 0 aliphatic carbocycles. The molecule has 0 radical (unpaired) electrons. The van der Waals surface area contributed by atoms with E-state index in [1.807, 2.05) is 0 Å². The summed E-state index contributed by atoms with van der Waals surface area (Å²) >= 11 is 0. The Morgan fingerprint density at radius 2 is 1.90 bits per heavy atom. The van der Waals surface area contributed by atoms with Crippen LogP contribution in [-0.2, 0) is 19.2 Å². The number of aldehydes is 1. The Morgan fingerprint density at radius 1 is 1.25 bits per heavy atom. The summed E-state index contributed by atoms with van der Waals surface area (Å²) in [5, 5.41) is 5.06. The number of hydrogen-bond donors (Lipinski definition) is 2. The SMILES string of the molecule is CC(=O)N[C@@H](C)C(=O)N1CCC[C@H]1C(=O)N[C@@H](C)C=O. The number of likely N-dealkylation sites (tertiary alicyclic amines) is 1. The van der Waals surface area contributed by atoms with Crippen molar-refractivity contribution < 1.29 is 19.2 Å². The van der Waals surface area contributed by atoms with Crippen LogP contribution in [0.2, 0.25) is 0 Å². The summed E-state index contributed by atoms with van der Waals surface area (Å²) in [6.07, 6.45) is 1.93. The number of carbonyl (C=O) groups excluding carboxylic acids is 4. The van der Waals surface area contributed by atoms with Gasteiger partial charge in [0.05, 0.1) is 6.04 Å². The van der Waals surface area contributed by atoms with E-state index >= 15 is 0 Å². The summed E-state index contributed by atoms with van der Waals surface area (Å²) < 4.78 is 0. The van der Waals surface area contributed by atoms with E-state index in [1.165, 1.54) is 11.8 Å². The molecular weight excluding hydrogens is 262 g/mol. The Hall–Kier alpha value is -1.92. The van der Waals surface area contributed by atoms with Gasteiger partial charge >= 0.3 is 0 Å². The van der Waals surface area contributed by atoms with Crippen molar-refractivity contribution in [3.63, 3.8) is 0 Å². The van der Waals surface area contributed by atoms with Crippen LogP contribution in [0.4, 0.5) is 0 Å². The van der Waals surface area contributed by atoms with Crippen molar-refractivity contribution in [2.45, 2.75) is 51.7 Å². The summed E-state index contributed by atoms with van der Waals surface area (Å²) in [4.78, 5) is 47.2. The zero-order valence-corrected chi connectivity index (χ0v) is 12.0. The molecule has 1 fully saturated rings. The Labute approximate surface area is 118 Å². The first-order valence-electron chi connectivity index (χ1n) is 6.70. The molecule has 7 nitrogen and oxygen atoms in total. The molecular formula is C13H21N3O4. The average molecular weight is 283 g/mol. The van der Waals surface area contributed by atoms with Crippen molar-refractivity contribution in [1.82, 2.24) is 15.5 Å². The largest absolute Gasteiger partial charge is 0.345 e. The predicted molar refractivity (Wildman–Crippen MR) is 71.7 cm³/mol. The van der Waals surface area contributed by atoms with Crippen molar-refractivity contribution in [2.75, 3.05) is 6.54 Å². The fourth-order valence-electron chi connectivity index (χ4n) is 2.27. The third-order valence-electron chi connectivity index (χ3n) is 3.20. The van der Waals surface area contributed by atoms with E-state index in [1.54, 1.807) is 13.8 Å². The molecule has 1 heterocycles. The average Bonchev–Trinajstić information content (AvgIpc) is 2.85. The van der Waals surface area contributed by atoms with Gasteiger partial charge in [-0.3, -0.25) is 14.4 Å². The number of nitrogens with one attached hydrogen (secondary N) is 2. The first kappa shape index (κ1) is 16.1. The molecule has 0 bridgehead atoms. The van der Waals surface area contributed by atoms with E-state index < -0.39 is 18.1 Å². The highest BCUT2D eigenvalue weighted by Crippen LogP contribution is 2.18. The van der Waals surface area contributed by atoms with Gasteiger partial charge in [-0.15, -0.1) is 0 Å². The molecule has 7 heteroatoms. The van der Waals surface area contributed by atoms with E-state index in [9.17, 15) is 19.2 Å². The van der Waals surface area contributed by atoms with Gasteiger partial charge in [0.15, 0.2) is 0 Å². The molecule has 1 saturated heterocycles. The smallest absolute Gasteiger partial charge is 0.245 e. The highest BCUT2D eigenvalue weighted by Gasteiger charge is 2.36. The molecule has 2 N–H and O–H groups in total. The summed E-state index contributed by atoms with van der Waals surface area (Å²) in [5.41, 5.74) is 0. The van der Waals surface area contributed by atoms with Gasteiger partial charge in [-0.1, -0.05) is 0 Å². The molecule has 1 rings (SSSR count). The van der Waals surface area contributed by atoms with Crippen LogP contribution >= 0.6 is 0 Å². The van der Waals surface area contributed by atoms with Crippen LogP contribution in [0.15, 0.2) is 0 Å². The van der Waals surface area contributed by atoms with Crippen molar-refractivity contribution in [2.24, 2.45) is 0 Å². The lowest BCUT2D eigenvalue weighted by atomic mass is 10.1. The van der Waals surface area contributed by atoms with Crippen LogP contribution in [0.5, 0.6) is 0 Å². The minimum atomic E-state index is -0.663. The molecule has 1 aliphatic rings. The normalized spacial score (nSPS) is 20.9. The zero-order chi connectivity index (χ0) is 15.3. The molecule has 0 spiro atoms. The van der Waals surface area contributed by atoms with E-state index in [0.29, 0.717) is 19.3 Å². The van der Waals surface area contributed by atoms with Crippen LogP contribution < -0.4 is 10.6 Å². The first-order valence-corrected chi connectivity index (χ1v) is 6.70. The predicted octanol–water partition coefficient (Wildman–Crippen LogP) is -0.794. The third kappa shape index (κ3) is 4.04. The summed E-state index contributed by atoms with van der Waals surface area (Å²) in [5.74, 6) is -0.900. The molecule has 112 valence electrons. The lowest BCUT2D eigenvalue weighted by Gasteiger charge is -2.27. The fraction of sp³-hybridized carbons (Fsp3) is 0.692. The fourth-order valence-corrected chi connectivity index (χ4v) is 2.27. The lowest BCUT2D eigenvalue weighted by molar-refractivity contribution is -0.141. The van der Waals surface area contributed by atoms with Gasteiger partial charge in [-0.25, -0.2) is 0 Å². The monoisotopic (exact) mass is 283 g/mol. The minimum Gasteiger partial charge on any atom is -0.345 e. The molecule has 0 aromatic carbocycles. The molecule has 0 aromatic rings. The van der Waals surface area contributed by atoms with Gasteiger partial charge < -0.3 is 20.3 Å². The van der Waals surface area contributed by atoms with Gasteiger partial charge in [-0.05, 0) is 26.7 Å². The molecule has 3 atom stereocenters. The maximum Gasteiger partial charge on any atom is 0.245 e. The van der Waals surface area contributed by atoms with Gasteiger partial charge in [0.2, 0.25) is 17.7 Å².